The van der Waals surface area contributed by atoms with Crippen LogP contribution in [-0.4, -0.2) is 48.1 Å². The molecule has 2 aromatic rings. The summed E-state index contributed by atoms with van der Waals surface area (Å²) < 4.78 is 6.62. The molecule has 0 spiro atoms. The first-order chi connectivity index (χ1) is 10.7. The highest BCUT2D eigenvalue weighted by Crippen LogP contribution is 2.25. The van der Waals surface area contributed by atoms with E-state index in [2.05, 4.69) is 42.7 Å². The van der Waals surface area contributed by atoms with Gasteiger partial charge in [0.1, 0.15) is 6.61 Å². The number of rotatable bonds is 4. The molecule has 0 aliphatic carbocycles. The van der Waals surface area contributed by atoms with Gasteiger partial charge in [0.05, 0.1) is 10.7 Å². The highest BCUT2D eigenvalue weighted by molar-refractivity contribution is 9.10. The summed E-state index contributed by atoms with van der Waals surface area (Å²) in [6, 6.07) is 10.1. The second-order valence-electron chi connectivity index (χ2n) is 5.39. The van der Waals surface area contributed by atoms with Crippen LogP contribution in [0.2, 0.25) is 0 Å². The summed E-state index contributed by atoms with van der Waals surface area (Å²) in [5.74, 6) is 1.33. The molecule has 0 amide bonds. The van der Waals surface area contributed by atoms with Gasteiger partial charge in [0.2, 0.25) is 11.8 Å². The van der Waals surface area contributed by atoms with E-state index in [-0.39, 0.29) is 0 Å². The van der Waals surface area contributed by atoms with E-state index in [9.17, 15) is 0 Å². The molecule has 0 atom stereocenters. The first-order valence-corrected chi connectivity index (χ1v) is 8.14. The lowest BCUT2D eigenvalue weighted by Gasteiger charge is -2.32. The summed E-state index contributed by atoms with van der Waals surface area (Å²) in [4.78, 5) is 13.5. The zero-order valence-corrected chi connectivity index (χ0v) is 14.2. The Labute approximate surface area is 139 Å². The van der Waals surface area contributed by atoms with Crippen molar-refractivity contribution < 1.29 is 4.74 Å². The van der Waals surface area contributed by atoms with Gasteiger partial charge in [-0.3, -0.25) is 0 Å². The van der Waals surface area contributed by atoms with Crippen LogP contribution in [0.5, 0.6) is 5.88 Å². The van der Waals surface area contributed by atoms with Gasteiger partial charge in [-0.1, -0.05) is 30.3 Å². The Kier molecular flexibility index (Phi) is 4.90. The van der Waals surface area contributed by atoms with Gasteiger partial charge in [-0.25, -0.2) is 4.98 Å². The predicted octanol–water partition coefficient (Wildman–Crippen LogP) is 2.57. The third-order valence-electron chi connectivity index (χ3n) is 3.70. The van der Waals surface area contributed by atoms with Crippen molar-refractivity contribution in [3.8, 4) is 5.88 Å². The molecule has 0 unspecified atom stereocenters. The first kappa shape index (κ1) is 15.2. The van der Waals surface area contributed by atoms with Crippen molar-refractivity contribution >= 4 is 21.9 Å². The molecule has 0 radical (unpaired) electrons. The second kappa shape index (κ2) is 7.07. The molecule has 0 saturated carbocycles. The number of hydrogen-bond acceptors (Lipinski definition) is 5. The van der Waals surface area contributed by atoms with Crippen LogP contribution in [-0.2, 0) is 6.61 Å². The number of halogens is 1. The number of piperazine rings is 1. The second-order valence-corrected chi connectivity index (χ2v) is 6.24. The zero-order valence-electron chi connectivity index (χ0n) is 12.6. The monoisotopic (exact) mass is 362 g/mol. The van der Waals surface area contributed by atoms with Crippen LogP contribution < -0.4 is 9.64 Å². The van der Waals surface area contributed by atoms with E-state index in [4.69, 9.17) is 4.74 Å². The van der Waals surface area contributed by atoms with Crippen LogP contribution >= 0.6 is 15.9 Å². The van der Waals surface area contributed by atoms with E-state index >= 15 is 0 Å². The summed E-state index contributed by atoms with van der Waals surface area (Å²) in [5, 5.41) is 0. The molecule has 1 fully saturated rings. The van der Waals surface area contributed by atoms with Crippen LogP contribution in [0.4, 0.5) is 5.95 Å². The Morgan fingerprint density at radius 3 is 2.59 bits per heavy atom. The maximum Gasteiger partial charge on any atom is 0.233 e. The van der Waals surface area contributed by atoms with Crippen molar-refractivity contribution in [2.45, 2.75) is 6.61 Å². The Balaban J connectivity index is 1.70. The molecule has 3 rings (SSSR count). The van der Waals surface area contributed by atoms with Gasteiger partial charge in [0.15, 0.2) is 0 Å². The number of benzene rings is 1. The number of ether oxygens (including phenoxy) is 1. The zero-order chi connectivity index (χ0) is 15.4. The lowest BCUT2D eigenvalue weighted by molar-refractivity contribution is 0.288. The topological polar surface area (TPSA) is 41.5 Å². The fourth-order valence-electron chi connectivity index (χ4n) is 2.33. The maximum atomic E-state index is 5.84. The van der Waals surface area contributed by atoms with Crippen molar-refractivity contribution in [3.63, 3.8) is 0 Å². The van der Waals surface area contributed by atoms with Gasteiger partial charge >= 0.3 is 0 Å². The lowest BCUT2D eigenvalue weighted by atomic mass is 10.2. The SMILES string of the molecule is CN1CCN(c2ncc(Br)c(OCc3ccccc3)n2)CC1. The van der Waals surface area contributed by atoms with Crippen LogP contribution in [0.1, 0.15) is 5.56 Å². The molecule has 1 aromatic carbocycles. The number of aromatic nitrogens is 2. The highest BCUT2D eigenvalue weighted by atomic mass is 79.9. The van der Waals surface area contributed by atoms with Gasteiger partial charge in [0, 0.05) is 26.2 Å². The minimum atomic E-state index is 0.499. The average molecular weight is 363 g/mol. The van der Waals surface area contributed by atoms with E-state index < -0.39 is 0 Å². The molecule has 2 heterocycles. The summed E-state index contributed by atoms with van der Waals surface area (Å²) >= 11 is 3.46. The summed E-state index contributed by atoms with van der Waals surface area (Å²) in [6.45, 7) is 4.43. The molecule has 5 nitrogen and oxygen atoms in total. The third-order valence-corrected chi connectivity index (χ3v) is 4.25. The summed E-state index contributed by atoms with van der Waals surface area (Å²) in [7, 11) is 2.13. The Morgan fingerprint density at radius 1 is 1.14 bits per heavy atom. The molecule has 0 bridgehead atoms. The molecule has 1 saturated heterocycles. The fourth-order valence-corrected chi connectivity index (χ4v) is 2.63. The number of hydrogen-bond donors (Lipinski definition) is 0. The highest BCUT2D eigenvalue weighted by Gasteiger charge is 2.18. The standard InChI is InChI=1S/C16H19BrN4O/c1-20-7-9-21(10-8-20)16-18-11-14(17)15(19-16)22-12-13-5-3-2-4-6-13/h2-6,11H,7-10,12H2,1H3. The Morgan fingerprint density at radius 2 is 1.86 bits per heavy atom. The van der Waals surface area contributed by atoms with Gasteiger partial charge in [-0.2, -0.15) is 4.98 Å². The molecular formula is C16H19BrN4O. The van der Waals surface area contributed by atoms with Crippen LogP contribution in [0, 0.1) is 0 Å². The maximum absolute atomic E-state index is 5.84. The van der Waals surface area contributed by atoms with Crippen molar-refractivity contribution in [3.05, 3.63) is 46.6 Å². The quantitative estimate of drug-likeness (QED) is 0.835. The van der Waals surface area contributed by atoms with E-state index in [0.29, 0.717) is 12.5 Å². The first-order valence-electron chi connectivity index (χ1n) is 7.35. The summed E-state index contributed by atoms with van der Waals surface area (Å²) in [6.07, 6.45) is 1.76. The van der Waals surface area contributed by atoms with Crippen LogP contribution in [0.25, 0.3) is 0 Å². The van der Waals surface area contributed by atoms with E-state index in [1.165, 1.54) is 0 Å². The Hall–Kier alpha value is -1.66. The third kappa shape index (κ3) is 3.75. The Bertz CT molecular complexity index is 615. The smallest absolute Gasteiger partial charge is 0.233 e. The molecule has 6 heteroatoms. The molecule has 116 valence electrons. The minimum Gasteiger partial charge on any atom is -0.472 e. The van der Waals surface area contributed by atoms with Gasteiger partial charge in [0.25, 0.3) is 0 Å². The van der Waals surface area contributed by atoms with E-state index in [1.54, 1.807) is 6.20 Å². The van der Waals surface area contributed by atoms with Crippen LogP contribution in [0.15, 0.2) is 41.0 Å². The van der Waals surface area contributed by atoms with E-state index in [1.807, 2.05) is 30.3 Å². The molecule has 1 aromatic heterocycles. The van der Waals surface area contributed by atoms with Gasteiger partial charge in [-0.15, -0.1) is 0 Å². The minimum absolute atomic E-state index is 0.499. The van der Waals surface area contributed by atoms with Gasteiger partial charge in [-0.05, 0) is 28.5 Å². The molecule has 1 aliphatic rings. The van der Waals surface area contributed by atoms with Crippen molar-refractivity contribution in [1.82, 2.24) is 14.9 Å². The molecule has 22 heavy (non-hydrogen) atoms. The molecule has 1 aliphatic heterocycles. The van der Waals surface area contributed by atoms with E-state index in [0.717, 1.165) is 42.2 Å². The van der Waals surface area contributed by atoms with Crippen molar-refractivity contribution in [2.75, 3.05) is 38.1 Å². The van der Waals surface area contributed by atoms with Crippen LogP contribution in [0.3, 0.4) is 0 Å². The molecule has 0 N–H and O–H groups in total. The largest absolute Gasteiger partial charge is 0.472 e. The number of likely N-dealkylation sites (N-methyl/N-ethyl adjacent to an activating group) is 1. The average Bonchev–Trinajstić information content (AvgIpc) is 2.56. The molecular weight excluding hydrogens is 344 g/mol. The van der Waals surface area contributed by atoms with Gasteiger partial charge < -0.3 is 14.5 Å². The normalized spacial score (nSPS) is 15.8. The fraction of sp³-hybridized carbons (Fsp3) is 0.375. The predicted molar refractivity (Wildman–Crippen MR) is 90.2 cm³/mol. The number of nitrogens with zero attached hydrogens (tertiary/aromatic N) is 4. The summed E-state index contributed by atoms with van der Waals surface area (Å²) in [5.41, 5.74) is 1.12. The lowest BCUT2D eigenvalue weighted by Crippen LogP contribution is -2.45. The number of anilines is 1. The van der Waals surface area contributed by atoms with Crippen molar-refractivity contribution in [1.29, 1.82) is 0 Å². The van der Waals surface area contributed by atoms with Crippen molar-refractivity contribution in [2.24, 2.45) is 0 Å².